The zero-order chi connectivity index (χ0) is 30.4. The maximum Gasteiger partial charge on any atom is 0.337 e. The molecule has 3 N–H and O–H groups in total. The molecule has 0 aliphatic carbocycles. The Labute approximate surface area is 234 Å². The third-order valence-electron chi connectivity index (χ3n) is 6.42. The number of ketones is 2. The van der Waals surface area contributed by atoms with Crippen LogP contribution < -0.4 is 0 Å². The molecule has 0 saturated heterocycles. The number of nitrogens with zero attached hydrogens (tertiary/aromatic N) is 4. The first-order valence-corrected chi connectivity index (χ1v) is 12.2. The molecule has 0 fully saturated rings. The summed E-state index contributed by atoms with van der Waals surface area (Å²) in [5.41, 5.74) is 3.04. The van der Waals surface area contributed by atoms with Gasteiger partial charge < -0.3 is 24.5 Å². The third kappa shape index (κ3) is 6.61. The molecule has 0 saturated carbocycles. The van der Waals surface area contributed by atoms with Gasteiger partial charge in [0, 0.05) is 61.4 Å². The Bertz CT molecular complexity index is 1640. The Morgan fingerprint density at radius 3 is 1.71 bits per heavy atom. The predicted octanol–water partition coefficient (Wildman–Crippen LogP) is 2.87. The molecule has 0 atom stereocenters. The molecule has 4 heterocycles. The molecule has 0 amide bonds. The van der Waals surface area contributed by atoms with Crippen molar-refractivity contribution in [3.05, 3.63) is 106 Å². The van der Waals surface area contributed by atoms with E-state index in [0.717, 1.165) is 5.56 Å². The van der Waals surface area contributed by atoms with Gasteiger partial charge in [-0.05, 0) is 55.3 Å². The zero-order valence-electron chi connectivity index (χ0n) is 22.8. The van der Waals surface area contributed by atoms with Crippen molar-refractivity contribution >= 4 is 29.5 Å². The SMILES string of the molecule is Cc1c(C(=O)O)c(CC(=O)O)n(C)c1C(=O)c1cccnc1.Cc1cc(CC(=O)O)n(C)c1C(=O)c1cccnc1. The van der Waals surface area contributed by atoms with Crippen LogP contribution in [0.25, 0.3) is 0 Å². The van der Waals surface area contributed by atoms with E-state index in [0.29, 0.717) is 22.5 Å². The van der Waals surface area contributed by atoms with Crippen molar-refractivity contribution in [1.82, 2.24) is 19.1 Å². The number of carbonyl (C=O) groups is 5. The van der Waals surface area contributed by atoms with Crippen molar-refractivity contribution in [3.63, 3.8) is 0 Å². The molecule has 0 bridgehead atoms. The van der Waals surface area contributed by atoms with Gasteiger partial charge >= 0.3 is 17.9 Å². The Morgan fingerprint density at radius 1 is 0.756 bits per heavy atom. The van der Waals surface area contributed by atoms with Crippen LogP contribution in [0.2, 0.25) is 0 Å². The van der Waals surface area contributed by atoms with Crippen LogP contribution in [0.5, 0.6) is 0 Å². The Balaban J connectivity index is 0.000000228. The highest BCUT2D eigenvalue weighted by Crippen LogP contribution is 2.25. The third-order valence-corrected chi connectivity index (χ3v) is 6.42. The minimum atomic E-state index is -1.26. The number of rotatable bonds is 9. The monoisotopic (exact) mass is 560 g/mol. The Hall–Kier alpha value is -5.39. The van der Waals surface area contributed by atoms with E-state index in [1.807, 2.05) is 0 Å². The Kier molecular flexibility index (Phi) is 9.30. The molecule has 0 unspecified atom stereocenters. The fraction of sp³-hybridized carbons (Fsp3) is 0.207. The smallest absolute Gasteiger partial charge is 0.337 e. The van der Waals surface area contributed by atoms with Crippen LogP contribution in [0.4, 0.5) is 0 Å². The zero-order valence-corrected chi connectivity index (χ0v) is 22.8. The number of hydrogen-bond donors (Lipinski definition) is 3. The van der Waals surface area contributed by atoms with Gasteiger partial charge in [-0.1, -0.05) is 0 Å². The van der Waals surface area contributed by atoms with E-state index < -0.39 is 30.1 Å². The summed E-state index contributed by atoms with van der Waals surface area (Å²) in [7, 11) is 3.19. The molecule has 0 aromatic carbocycles. The molecule has 12 heteroatoms. The van der Waals surface area contributed by atoms with E-state index in [-0.39, 0.29) is 34.7 Å². The lowest BCUT2D eigenvalue weighted by molar-refractivity contribution is -0.137. The highest BCUT2D eigenvalue weighted by Gasteiger charge is 2.28. The van der Waals surface area contributed by atoms with E-state index in [1.54, 1.807) is 55.1 Å². The number of aryl methyl sites for hydroxylation is 1. The number of hydrogen-bond acceptors (Lipinski definition) is 7. The van der Waals surface area contributed by atoms with E-state index in [2.05, 4.69) is 9.97 Å². The predicted molar refractivity (Wildman–Crippen MR) is 145 cm³/mol. The van der Waals surface area contributed by atoms with E-state index >= 15 is 0 Å². The fourth-order valence-corrected chi connectivity index (χ4v) is 4.59. The van der Waals surface area contributed by atoms with Crippen molar-refractivity contribution in [2.45, 2.75) is 26.7 Å². The molecule has 0 spiro atoms. The molecule has 4 aromatic heterocycles. The quantitative estimate of drug-likeness (QED) is 0.257. The van der Waals surface area contributed by atoms with E-state index in [9.17, 15) is 29.1 Å². The molecular weight excluding hydrogens is 532 g/mol. The van der Waals surface area contributed by atoms with Crippen LogP contribution in [0.1, 0.15) is 65.0 Å². The van der Waals surface area contributed by atoms with Crippen molar-refractivity contribution < 1.29 is 39.3 Å². The van der Waals surface area contributed by atoms with Gasteiger partial charge in [0.25, 0.3) is 0 Å². The van der Waals surface area contributed by atoms with Crippen LogP contribution in [0.15, 0.2) is 55.1 Å². The lowest BCUT2D eigenvalue weighted by Crippen LogP contribution is -2.13. The van der Waals surface area contributed by atoms with Crippen LogP contribution >= 0.6 is 0 Å². The van der Waals surface area contributed by atoms with Crippen LogP contribution in [-0.2, 0) is 36.5 Å². The molecule has 4 rings (SSSR count). The second-order valence-electron chi connectivity index (χ2n) is 9.17. The standard InChI is InChI=1S/C15H14N2O5.C14H14N2O3/c1-8-12(15(21)22)10(6-11(18)19)17(2)13(8)14(20)9-4-3-5-16-7-9;1-9-6-11(7-12(17)18)16(2)13(9)14(19)10-4-3-5-15-8-10/h3-5,7H,6H2,1-2H3,(H,18,19)(H,21,22);3-6,8H,7H2,1-2H3,(H,17,18). The number of aromatic nitrogens is 4. The summed E-state index contributed by atoms with van der Waals surface area (Å²) in [5.74, 6) is -3.88. The summed E-state index contributed by atoms with van der Waals surface area (Å²) in [4.78, 5) is 65.9. The average Bonchev–Trinajstić information content (AvgIpc) is 3.33. The van der Waals surface area contributed by atoms with Crippen LogP contribution in [0.3, 0.4) is 0 Å². The minimum Gasteiger partial charge on any atom is -0.481 e. The number of pyridine rings is 2. The van der Waals surface area contributed by atoms with Gasteiger partial charge in [0.05, 0.1) is 29.8 Å². The van der Waals surface area contributed by atoms with Gasteiger partial charge in [-0.15, -0.1) is 0 Å². The first kappa shape index (κ1) is 30.2. The first-order valence-electron chi connectivity index (χ1n) is 12.2. The Morgan fingerprint density at radius 2 is 1.27 bits per heavy atom. The molecule has 212 valence electrons. The second-order valence-corrected chi connectivity index (χ2v) is 9.17. The maximum atomic E-state index is 12.6. The second kappa shape index (κ2) is 12.6. The van der Waals surface area contributed by atoms with Crippen LogP contribution in [-0.4, -0.2) is 63.9 Å². The van der Waals surface area contributed by atoms with Gasteiger partial charge in [-0.25, -0.2) is 4.79 Å². The summed E-state index contributed by atoms with van der Waals surface area (Å²) in [6.07, 6.45) is 5.44. The lowest BCUT2D eigenvalue weighted by atomic mass is 10.0. The summed E-state index contributed by atoms with van der Waals surface area (Å²) in [6, 6.07) is 8.29. The van der Waals surface area contributed by atoms with Gasteiger partial charge in [0.15, 0.2) is 0 Å². The highest BCUT2D eigenvalue weighted by molar-refractivity contribution is 6.11. The first-order chi connectivity index (χ1) is 19.3. The normalized spacial score (nSPS) is 10.4. The van der Waals surface area contributed by atoms with Crippen molar-refractivity contribution in [2.24, 2.45) is 14.1 Å². The topological polar surface area (TPSA) is 182 Å². The van der Waals surface area contributed by atoms with Crippen molar-refractivity contribution in [1.29, 1.82) is 0 Å². The molecule has 41 heavy (non-hydrogen) atoms. The van der Waals surface area contributed by atoms with Crippen LogP contribution in [0, 0.1) is 13.8 Å². The van der Waals surface area contributed by atoms with Gasteiger partial charge in [0.1, 0.15) is 0 Å². The van der Waals surface area contributed by atoms with Crippen molar-refractivity contribution in [3.8, 4) is 0 Å². The van der Waals surface area contributed by atoms with E-state index in [1.165, 1.54) is 37.1 Å². The van der Waals surface area contributed by atoms with Crippen molar-refractivity contribution in [2.75, 3.05) is 0 Å². The van der Waals surface area contributed by atoms with E-state index in [4.69, 9.17) is 10.2 Å². The lowest BCUT2D eigenvalue weighted by Gasteiger charge is -2.06. The summed E-state index contributed by atoms with van der Waals surface area (Å²) in [6.45, 7) is 3.30. The number of carbonyl (C=O) groups excluding carboxylic acids is 2. The number of aliphatic carboxylic acids is 2. The molecule has 0 radical (unpaired) electrons. The molecule has 4 aromatic rings. The minimum absolute atomic E-state index is 0.0877. The molecule has 0 aliphatic heterocycles. The van der Waals surface area contributed by atoms with Gasteiger partial charge in [0.2, 0.25) is 11.6 Å². The fourth-order valence-electron chi connectivity index (χ4n) is 4.59. The molecular formula is C29H28N4O8. The number of carboxylic acid groups (broad SMARTS) is 3. The highest BCUT2D eigenvalue weighted by atomic mass is 16.4. The summed E-state index contributed by atoms with van der Waals surface area (Å²) < 4.78 is 2.97. The maximum absolute atomic E-state index is 12.6. The van der Waals surface area contributed by atoms with Gasteiger partial charge in [-0.2, -0.15) is 0 Å². The number of aromatic carboxylic acids is 1. The molecule has 12 nitrogen and oxygen atoms in total. The van der Waals surface area contributed by atoms with Gasteiger partial charge in [-0.3, -0.25) is 29.1 Å². The number of carboxylic acids is 3. The average molecular weight is 561 g/mol. The molecule has 0 aliphatic rings. The summed E-state index contributed by atoms with van der Waals surface area (Å²) in [5, 5.41) is 27.1. The largest absolute Gasteiger partial charge is 0.481 e. The summed E-state index contributed by atoms with van der Waals surface area (Å²) >= 11 is 0.